The van der Waals surface area contributed by atoms with Crippen LogP contribution in [-0.4, -0.2) is 28.9 Å². The van der Waals surface area contributed by atoms with Crippen molar-refractivity contribution in [2.75, 3.05) is 12.4 Å². The number of nitrogens with one attached hydrogen (secondary N) is 1. The second-order valence-electron chi connectivity index (χ2n) is 7.71. The maximum atomic E-state index is 13.7. The summed E-state index contributed by atoms with van der Waals surface area (Å²) in [6, 6.07) is 10.8. The van der Waals surface area contributed by atoms with Gasteiger partial charge in [0.15, 0.2) is 0 Å². The van der Waals surface area contributed by atoms with E-state index in [9.17, 15) is 13.6 Å². The van der Waals surface area contributed by atoms with E-state index in [1.54, 1.807) is 13.3 Å². The molecule has 0 bridgehead atoms. The third kappa shape index (κ3) is 4.49. The standard InChI is InChI=1S/C24H22F2N4O2/c1-14-20(24(2,25)26)10-18(12-27-14)30-22(31)8-15-4-6-16(7-5-15)17-9-19-21(28-11-17)13-29-23(19)32-3/h4-7,9-12H,8,13H2,1-3H3,(H,30,31). The Balaban J connectivity index is 1.45. The van der Waals surface area contributed by atoms with Gasteiger partial charge in [0.25, 0.3) is 5.92 Å². The Morgan fingerprint density at radius 2 is 1.88 bits per heavy atom. The Bertz CT molecular complexity index is 1200. The first-order chi connectivity index (χ1) is 15.2. The first-order valence-corrected chi connectivity index (χ1v) is 10.1. The van der Waals surface area contributed by atoms with Gasteiger partial charge in [-0.1, -0.05) is 24.3 Å². The van der Waals surface area contributed by atoms with Crippen LogP contribution in [-0.2, 0) is 28.4 Å². The number of hydrogen-bond donors (Lipinski definition) is 1. The average Bonchev–Trinajstić information content (AvgIpc) is 3.17. The Labute approximate surface area is 184 Å². The number of fused-ring (bicyclic) bond motifs is 1. The van der Waals surface area contributed by atoms with Crippen molar-refractivity contribution in [1.29, 1.82) is 0 Å². The lowest BCUT2D eigenvalue weighted by Gasteiger charge is -2.15. The fraction of sp³-hybridized carbons (Fsp3) is 0.250. The summed E-state index contributed by atoms with van der Waals surface area (Å²) < 4.78 is 32.7. The van der Waals surface area contributed by atoms with Crippen LogP contribution >= 0.6 is 0 Å². The molecule has 1 aliphatic rings. The molecule has 0 radical (unpaired) electrons. The number of hydrogen-bond acceptors (Lipinski definition) is 5. The SMILES string of the molecule is COC1=NCc2ncc(-c3ccc(CC(=O)Nc4cnc(C)c(C(C)(F)F)c4)cc3)cc21. The molecule has 164 valence electrons. The number of carbonyl (C=O) groups is 1. The van der Waals surface area contributed by atoms with Crippen LogP contribution in [0.3, 0.4) is 0 Å². The molecule has 3 heterocycles. The molecule has 6 nitrogen and oxygen atoms in total. The molecular formula is C24H22F2N4O2. The molecule has 32 heavy (non-hydrogen) atoms. The number of anilines is 1. The number of rotatable bonds is 5. The zero-order valence-electron chi connectivity index (χ0n) is 17.9. The largest absolute Gasteiger partial charge is 0.481 e. The van der Waals surface area contributed by atoms with Crippen molar-refractivity contribution in [3.63, 3.8) is 0 Å². The van der Waals surface area contributed by atoms with E-state index in [-0.39, 0.29) is 29.3 Å². The van der Waals surface area contributed by atoms with Crippen LogP contribution in [0.1, 0.15) is 35.0 Å². The third-order valence-electron chi connectivity index (χ3n) is 5.26. The number of alkyl halides is 2. The summed E-state index contributed by atoms with van der Waals surface area (Å²) in [5, 5.41) is 2.64. The van der Waals surface area contributed by atoms with Crippen molar-refractivity contribution in [3.8, 4) is 11.1 Å². The summed E-state index contributed by atoms with van der Waals surface area (Å²) in [4.78, 5) is 25.2. The maximum Gasteiger partial charge on any atom is 0.272 e. The minimum absolute atomic E-state index is 0.106. The summed E-state index contributed by atoms with van der Waals surface area (Å²) in [6.07, 6.45) is 3.28. The van der Waals surface area contributed by atoms with Gasteiger partial charge < -0.3 is 10.1 Å². The molecule has 8 heteroatoms. The number of methoxy groups -OCH3 is 1. The first kappa shape index (κ1) is 21.5. The molecule has 3 aromatic rings. The van der Waals surface area contributed by atoms with Gasteiger partial charge in [-0.15, -0.1) is 0 Å². The molecule has 0 atom stereocenters. The summed E-state index contributed by atoms with van der Waals surface area (Å²) in [5.74, 6) is -2.76. The molecule has 0 aliphatic carbocycles. The Hall–Kier alpha value is -3.68. The average molecular weight is 436 g/mol. The second-order valence-corrected chi connectivity index (χ2v) is 7.71. The van der Waals surface area contributed by atoms with Crippen molar-refractivity contribution in [2.45, 2.75) is 32.7 Å². The number of ether oxygens (including phenoxy) is 1. The molecule has 2 aromatic heterocycles. The van der Waals surface area contributed by atoms with Crippen LogP contribution in [0.25, 0.3) is 11.1 Å². The van der Waals surface area contributed by atoms with E-state index in [2.05, 4.69) is 20.3 Å². The van der Waals surface area contributed by atoms with Gasteiger partial charge >= 0.3 is 0 Å². The number of halogens is 2. The number of carbonyl (C=O) groups excluding carboxylic acids is 1. The highest BCUT2D eigenvalue weighted by Gasteiger charge is 2.27. The summed E-state index contributed by atoms with van der Waals surface area (Å²) in [7, 11) is 1.59. The van der Waals surface area contributed by atoms with Crippen molar-refractivity contribution < 1.29 is 18.3 Å². The first-order valence-electron chi connectivity index (χ1n) is 10.1. The predicted molar refractivity (Wildman–Crippen MR) is 118 cm³/mol. The van der Waals surface area contributed by atoms with Crippen LogP contribution in [0.5, 0.6) is 0 Å². The smallest absolute Gasteiger partial charge is 0.272 e. The Morgan fingerprint density at radius 1 is 1.12 bits per heavy atom. The number of pyridine rings is 2. The van der Waals surface area contributed by atoms with Crippen molar-refractivity contribution >= 4 is 17.5 Å². The quantitative estimate of drug-likeness (QED) is 0.632. The van der Waals surface area contributed by atoms with Crippen LogP contribution in [0.15, 0.2) is 53.8 Å². The van der Waals surface area contributed by atoms with E-state index in [0.717, 1.165) is 34.9 Å². The monoisotopic (exact) mass is 436 g/mol. The minimum atomic E-state index is -3.03. The molecule has 1 aromatic carbocycles. The molecule has 0 saturated heterocycles. The number of nitrogens with zero attached hydrogens (tertiary/aromatic N) is 3. The van der Waals surface area contributed by atoms with Gasteiger partial charge in [0, 0.05) is 29.9 Å². The van der Waals surface area contributed by atoms with E-state index < -0.39 is 5.92 Å². The van der Waals surface area contributed by atoms with Crippen molar-refractivity contribution in [3.05, 3.63) is 76.9 Å². The van der Waals surface area contributed by atoms with E-state index in [1.165, 1.54) is 19.2 Å². The highest BCUT2D eigenvalue weighted by molar-refractivity contribution is 5.98. The molecule has 0 unspecified atom stereocenters. The number of benzene rings is 1. The van der Waals surface area contributed by atoms with Crippen LogP contribution in [0.2, 0.25) is 0 Å². The molecule has 1 aliphatic heterocycles. The van der Waals surface area contributed by atoms with Gasteiger partial charge in [-0.25, -0.2) is 13.8 Å². The Kier molecular flexibility index (Phi) is 5.69. The van der Waals surface area contributed by atoms with Crippen LogP contribution in [0, 0.1) is 6.92 Å². The molecule has 0 saturated carbocycles. The summed E-state index contributed by atoms with van der Waals surface area (Å²) in [5.41, 5.74) is 4.70. The van der Waals surface area contributed by atoms with Gasteiger partial charge in [-0.3, -0.25) is 14.8 Å². The van der Waals surface area contributed by atoms with Gasteiger partial charge in [-0.05, 0) is 30.2 Å². The van der Waals surface area contributed by atoms with Gasteiger partial charge in [0.05, 0.1) is 43.2 Å². The zero-order valence-corrected chi connectivity index (χ0v) is 17.9. The van der Waals surface area contributed by atoms with E-state index in [0.29, 0.717) is 12.4 Å². The lowest BCUT2D eigenvalue weighted by molar-refractivity contribution is -0.115. The maximum absolute atomic E-state index is 13.7. The fourth-order valence-corrected chi connectivity index (χ4v) is 3.62. The molecule has 0 spiro atoms. The van der Waals surface area contributed by atoms with E-state index in [1.807, 2.05) is 30.3 Å². The highest BCUT2D eigenvalue weighted by atomic mass is 19.3. The lowest BCUT2D eigenvalue weighted by atomic mass is 10.0. The zero-order chi connectivity index (χ0) is 22.9. The minimum Gasteiger partial charge on any atom is -0.481 e. The molecular weight excluding hydrogens is 414 g/mol. The number of aliphatic imine (C=N–C) groups is 1. The molecule has 4 rings (SSSR count). The summed E-state index contributed by atoms with van der Waals surface area (Å²) >= 11 is 0. The summed E-state index contributed by atoms with van der Waals surface area (Å²) in [6.45, 7) is 2.84. The molecule has 1 amide bonds. The van der Waals surface area contributed by atoms with Gasteiger partial charge in [0.1, 0.15) is 0 Å². The molecule has 0 fully saturated rings. The van der Waals surface area contributed by atoms with Crippen molar-refractivity contribution in [1.82, 2.24) is 9.97 Å². The number of amides is 1. The number of aromatic nitrogens is 2. The third-order valence-corrected chi connectivity index (χ3v) is 5.26. The second kappa shape index (κ2) is 8.45. The van der Waals surface area contributed by atoms with Crippen LogP contribution < -0.4 is 5.32 Å². The van der Waals surface area contributed by atoms with Crippen molar-refractivity contribution in [2.24, 2.45) is 4.99 Å². The lowest BCUT2D eigenvalue weighted by Crippen LogP contribution is -2.16. The number of aryl methyl sites for hydroxylation is 1. The van der Waals surface area contributed by atoms with Crippen LogP contribution in [0.4, 0.5) is 14.5 Å². The van der Waals surface area contributed by atoms with Gasteiger partial charge in [-0.2, -0.15) is 0 Å². The topological polar surface area (TPSA) is 76.5 Å². The van der Waals surface area contributed by atoms with E-state index >= 15 is 0 Å². The molecule has 1 N–H and O–H groups in total. The van der Waals surface area contributed by atoms with Gasteiger partial charge in [0.2, 0.25) is 11.8 Å². The highest BCUT2D eigenvalue weighted by Crippen LogP contribution is 2.30. The fourth-order valence-electron chi connectivity index (χ4n) is 3.62. The predicted octanol–water partition coefficient (Wildman–Crippen LogP) is 4.65. The Morgan fingerprint density at radius 3 is 2.56 bits per heavy atom. The normalized spacial score (nSPS) is 12.8. The van der Waals surface area contributed by atoms with E-state index in [4.69, 9.17) is 4.74 Å².